The van der Waals surface area contributed by atoms with E-state index in [1.807, 2.05) is 78.4 Å². The lowest BCUT2D eigenvalue weighted by Crippen LogP contribution is -2.19. The number of para-hydroxylation sites is 1. The molecule has 32 heavy (non-hydrogen) atoms. The van der Waals surface area contributed by atoms with Crippen LogP contribution in [0.1, 0.15) is 18.7 Å². The predicted molar refractivity (Wildman–Crippen MR) is 129 cm³/mol. The second-order valence-electron chi connectivity index (χ2n) is 8.11. The Bertz CT molecular complexity index is 1240. The van der Waals surface area contributed by atoms with Gasteiger partial charge in [0.2, 0.25) is 5.91 Å². The zero-order chi connectivity index (χ0) is 21.9. The minimum atomic E-state index is -0.0613. The van der Waals surface area contributed by atoms with Crippen molar-refractivity contribution in [1.29, 1.82) is 0 Å². The molecule has 7 nitrogen and oxygen atoms in total. The van der Waals surface area contributed by atoms with E-state index in [9.17, 15) is 4.79 Å². The van der Waals surface area contributed by atoms with E-state index in [1.165, 1.54) is 12.8 Å². The summed E-state index contributed by atoms with van der Waals surface area (Å²) in [6.45, 7) is 4.27. The molecule has 162 valence electrons. The molecule has 1 saturated heterocycles. The van der Waals surface area contributed by atoms with Crippen molar-refractivity contribution in [2.45, 2.75) is 26.3 Å². The summed E-state index contributed by atoms with van der Waals surface area (Å²) in [4.78, 5) is 23.9. The van der Waals surface area contributed by atoms with Crippen molar-refractivity contribution in [2.24, 2.45) is 0 Å². The van der Waals surface area contributed by atoms with Gasteiger partial charge >= 0.3 is 0 Å². The van der Waals surface area contributed by atoms with Gasteiger partial charge in [-0.05, 0) is 61.5 Å². The number of hydrogen-bond donors (Lipinski definition) is 2. The normalized spacial score (nSPS) is 13.5. The van der Waals surface area contributed by atoms with Crippen LogP contribution in [-0.2, 0) is 11.3 Å². The van der Waals surface area contributed by atoms with Crippen molar-refractivity contribution < 1.29 is 4.79 Å². The highest BCUT2D eigenvalue weighted by Gasteiger charge is 2.15. The topological polar surface area (TPSA) is 75.1 Å². The molecule has 0 radical (unpaired) electrons. The number of nitrogens with zero attached hydrogens (tertiary/aromatic N) is 4. The first-order valence-electron chi connectivity index (χ1n) is 11.0. The Hall–Kier alpha value is -3.87. The number of carbonyl (C=O) groups excluding carboxylic acids is 1. The van der Waals surface area contributed by atoms with Crippen LogP contribution in [0.5, 0.6) is 0 Å². The van der Waals surface area contributed by atoms with E-state index in [2.05, 4.69) is 25.5 Å². The third-order valence-corrected chi connectivity index (χ3v) is 5.69. The van der Waals surface area contributed by atoms with Crippen LogP contribution < -0.4 is 15.5 Å². The largest absolute Gasteiger partial charge is 0.356 e. The van der Waals surface area contributed by atoms with Crippen molar-refractivity contribution in [3.8, 4) is 0 Å². The number of hydrogen-bond acceptors (Lipinski definition) is 5. The summed E-state index contributed by atoms with van der Waals surface area (Å²) in [5, 5.41) is 7.45. The molecule has 4 aromatic rings. The highest BCUT2D eigenvalue weighted by molar-refractivity contribution is 5.92. The Balaban J connectivity index is 1.23. The Kier molecular flexibility index (Phi) is 5.46. The van der Waals surface area contributed by atoms with Crippen LogP contribution >= 0.6 is 0 Å². The van der Waals surface area contributed by atoms with Gasteiger partial charge in [-0.2, -0.15) is 0 Å². The van der Waals surface area contributed by atoms with Gasteiger partial charge in [0.05, 0.1) is 0 Å². The summed E-state index contributed by atoms with van der Waals surface area (Å²) < 4.78 is 1.95. The van der Waals surface area contributed by atoms with E-state index >= 15 is 0 Å². The molecular formula is C25H26N6O. The van der Waals surface area contributed by atoms with Gasteiger partial charge in [0, 0.05) is 42.2 Å². The molecule has 1 aliphatic heterocycles. The SMILES string of the molecule is Cc1nc(Nc2ccc(NC(=O)Cn3ccc4ccccc43)cc2)cc(N2CCCC2)n1. The summed E-state index contributed by atoms with van der Waals surface area (Å²) in [6.07, 6.45) is 4.36. The van der Waals surface area contributed by atoms with Crippen LogP contribution in [0.3, 0.4) is 0 Å². The summed E-state index contributed by atoms with van der Waals surface area (Å²) in [6, 6.07) is 19.7. The maximum atomic E-state index is 12.5. The number of benzene rings is 2. The average molecular weight is 427 g/mol. The molecule has 7 heteroatoms. The fraction of sp³-hybridized carbons (Fsp3) is 0.240. The van der Waals surface area contributed by atoms with Crippen LogP contribution in [0.15, 0.2) is 66.9 Å². The molecule has 3 heterocycles. The Morgan fingerprint density at radius 3 is 2.53 bits per heavy atom. The number of anilines is 4. The monoisotopic (exact) mass is 426 g/mol. The highest BCUT2D eigenvalue weighted by atomic mass is 16.1. The molecule has 1 aliphatic rings. The molecule has 0 spiro atoms. The second kappa shape index (κ2) is 8.70. The quantitative estimate of drug-likeness (QED) is 0.467. The average Bonchev–Trinajstić information content (AvgIpc) is 3.46. The van der Waals surface area contributed by atoms with Crippen molar-refractivity contribution in [3.63, 3.8) is 0 Å². The number of amides is 1. The first-order chi connectivity index (χ1) is 15.6. The molecule has 0 bridgehead atoms. The van der Waals surface area contributed by atoms with Gasteiger partial charge in [0.25, 0.3) is 0 Å². The molecular weight excluding hydrogens is 400 g/mol. The van der Waals surface area contributed by atoms with Crippen molar-refractivity contribution in [2.75, 3.05) is 28.6 Å². The lowest BCUT2D eigenvalue weighted by atomic mass is 10.2. The van der Waals surface area contributed by atoms with Crippen molar-refractivity contribution in [3.05, 3.63) is 72.7 Å². The Labute approximate surface area is 187 Å². The number of fused-ring (bicyclic) bond motifs is 1. The van der Waals surface area contributed by atoms with Crippen LogP contribution in [0.4, 0.5) is 23.0 Å². The predicted octanol–water partition coefficient (Wildman–Crippen LogP) is 4.72. The Morgan fingerprint density at radius 2 is 1.72 bits per heavy atom. The van der Waals surface area contributed by atoms with E-state index < -0.39 is 0 Å². The molecule has 0 aliphatic carbocycles. The molecule has 0 saturated carbocycles. The summed E-state index contributed by atoms with van der Waals surface area (Å²) in [5.41, 5.74) is 2.72. The third-order valence-electron chi connectivity index (χ3n) is 5.69. The molecule has 0 unspecified atom stereocenters. The molecule has 2 aromatic heterocycles. The smallest absolute Gasteiger partial charge is 0.244 e. The van der Waals surface area contributed by atoms with Gasteiger partial charge in [-0.25, -0.2) is 9.97 Å². The molecule has 1 amide bonds. The van der Waals surface area contributed by atoms with Crippen molar-refractivity contribution in [1.82, 2.24) is 14.5 Å². The zero-order valence-corrected chi connectivity index (χ0v) is 18.1. The van der Waals surface area contributed by atoms with Crippen LogP contribution in [0.25, 0.3) is 10.9 Å². The molecule has 0 atom stereocenters. The lowest BCUT2D eigenvalue weighted by Gasteiger charge is -2.18. The van der Waals surface area contributed by atoms with E-state index in [0.29, 0.717) is 0 Å². The summed E-state index contributed by atoms with van der Waals surface area (Å²) in [5.74, 6) is 2.43. The van der Waals surface area contributed by atoms with Gasteiger partial charge in [-0.3, -0.25) is 4.79 Å². The third kappa shape index (κ3) is 4.42. The van der Waals surface area contributed by atoms with Gasteiger partial charge in [0.1, 0.15) is 24.0 Å². The van der Waals surface area contributed by atoms with Crippen molar-refractivity contribution >= 4 is 39.8 Å². The maximum absolute atomic E-state index is 12.5. The van der Waals surface area contributed by atoms with Crippen LogP contribution in [-0.4, -0.2) is 33.5 Å². The van der Waals surface area contributed by atoms with Crippen LogP contribution in [0.2, 0.25) is 0 Å². The fourth-order valence-corrected chi connectivity index (χ4v) is 4.14. The number of carbonyl (C=O) groups is 1. The number of aromatic nitrogens is 3. The molecule has 2 N–H and O–H groups in total. The fourth-order valence-electron chi connectivity index (χ4n) is 4.14. The van der Waals surface area contributed by atoms with Gasteiger partial charge in [-0.1, -0.05) is 18.2 Å². The highest BCUT2D eigenvalue weighted by Crippen LogP contribution is 2.23. The Morgan fingerprint density at radius 1 is 0.969 bits per heavy atom. The van der Waals surface area contributed by atoms with Gasteiger partial charge < -0.3 is 20.1 Å². The van der Waals surface area contributed by atoms with E-state index in [-0.39, 0.29) is 12.5 Å². The lowest BCUT2D eigenvalue weighted by molar-refractivity contribution is -0.116. The van der Waals surface area contributed by atoms with E-state index in [0.717, 1.165) is 52.8 Å². The number of nitrogens with one attached hydrogen (secondary N) is 2. The number of rotatable bonds is 6. The van der Waals surface area contributed by atoms with Crippen LogP contribution in [0, 0.1) is 6.92 Å². The minimum absolute atomic E-state index is 0.0613. The maximum Gasteiger partial charge on any atom is 0.244 e. The van der Waals surface area contributed by atoms with E-state index in [4.69, 9.17) is 0 Å². The first kappa shape index (κ1) is 20.1. The first-order valence-corrected chi connectivity index (χ1v) is 11.0. The molecule has 2 aromatic carbocycles. The number of aryl methyl sites for hydroxylation is 1. The van der Waals surface area contributed by atoms with E-state index in [1.54, 1.807) is 0 Å². The second-order valence-corrected chi connectivity index (χ2v) is 8.11. The van der Waals surface area contributed by atoms with Gasteiger partial charge in [-0.15, -0.1) is 0 Å². The summed E-state index contributed by atoms with van der Waals surface area (Å²) in [7, 11) is 0. The molecule has 1 fully saturated rings. The zero-order valence-electron chi connectivity index (χ0n) is 18.1. The summed E-state index contributed by atoms with van der Waals surface area (Å²) >= 11 is 0. The minimum Gasteiger partial charge on any atom is -0.356 e. The standard InChI is InChI=1S/C25H26N6O/c1-18-26-23(16-24(27-18)30-13-4-5-14-30)28-20-8-10-21(11-9-20)29-25(32)17-31-15-12-19-6-2-3-7-22(19)31/h2-3,6-12,15-16H,4-5,13-14,17H2,1H3,(H,29,32)(H,26,27,28). The van der Waals surface area contributed by atoms with Gasteiger partial charge in [0.15, 0.2) is 0 Å². The molecule has 5 rings (SSSR count).